The second-order valence-electron chi connectivity index (χ2n) is 9.00. The fourth-order valence-electron chi connectivity index (χ4n) is 4.54. The van der Waals surface area contributed by atoms with Crippen molar-refractivity contribution in [2.45, 2.75) is 25.6 Å². The van der Waals surface area contributed by atoms with Gasteiger partial charge in [0, 0.05) is 49.7 Å². The molecule has 1 N–H and O–H groups in total. The van der Waals surface area contributed by atoms with Gasteiger partial charge in [-0.1, -0.05) is 18.2 Å². The average molecular weight is 499 g/mol. The van der Waals surface area contributed by atoms with E-state index >= 15 is 0 Å². The fourth-order valence-corrected chi connectivity index (χ4v) is 5.74. The lowest BCUT2D eigenvalue weighted by atomic mass is 10.1. The summed E-state index contributed by atoms with van der Waals surface area (Å²) >= 11 is 1.46. The van der Waals surface area contributed by atoms with Gasteiger partial charge in [0.25, 0.3) is 11.8 Å². The van der Waals surface area contributed by atoms with E-state index in [1.54, 1.807) is 9.80 Å². The first-order valence-corrected chi connectivity index (χ1v) is 12.9. The van der Waals surface area contributed by atoms with Gasteiger partial charge >= 0.3 is 0 Å². The minimum Gasteiger partial charge on any atom is -0.339 e. The Kier molecular flexibility index (Phi) is 8.07. The summed E-state index contributed by atoms with van der Waals surface area (Å²) in [4.78, 5) is 44.5. The van der Waals surface area contributed by atoms with Crippen molar-refractivity contribution in [2.24, 2.45) is 0 Å². The van der Waals surface area contributed by atoms with Crippen LogP contribution in [0.3, 0.4) is 0 Å². The van der Waals surface area contributed by atoms with Gasteiger partial charge in [0.05, 0.1) is 6.54 Å². The number of thioether (sulfide) groups is 1. The highest BCUT2D eigenvalue weighted by atomic mass is 32.2. The molecule has 0 saturated carbocycles. The lowest BCUT2D eigenvalue weighted by molar-refractivity contribution is -0.132. The zero-order valence-electron chi connectivity index (χ0n) is 20.1. The third kappa shape index (κ3) is 6.02. The van der Waals surface area contributed by atoms with Gasteiger partial charge in [-0.2, -0.15) is 0 Å². The number of hydrogen-bond donors (Lipinski definition) is 1. The van der Waals surface area contributed by atoms with Crippen LogP contribution < -0.4 is 5.32 Å². The number of para-hydroxylation sites is 1. The maximum atomic E-state index is 13.4. The maximum Gasteiger partial charge on any atom is 0.255 e. The first kappa shape index (κ1) is 25.2. The minimum absolute atomic E-state index is 0.0652. The fraction of sp³-hybridized carbons (Fsp3) is 0.423. The van der Waals surface area contributed by atoms with Crippen LogP contribution >= 0.6 is 11.8 Å². The third-order valence-electron chi connectivity index (χ3n) is 6.47. The molecule has 0 spiro atoms. The summed E-state index contributed by atoms with van der Waals surface area (Å²) in [6, 6.07) is 11.3. The minimum atomic E-state index is -0.577. The number of aryl methyl sites for hydroxylation is 2. The van der Waals surface area contributed by atoms with Gasteiger partial charge in [-0.3, -0.25) is 19.3 Å². The molecule has 0 aromatic heterocycles. The molecule has 1 atom stereocenters. The molecule has 2 aromatic rings. The number of carbonyl (C=O) groups is 3. The van der Waals surface area contributed by atoms with E-state index in [1.807, 2.05) is 32.0 Å². The van der Waals surface area contributed by atoms with Crippen LogP contribution in [0.25, 0.3) is 0 Å². The van der Waals surface area contributed by atoms with E-state index in [2.05, 4.69) is 10.2 Å². The number of rotatable bonds is 5. The maximum absolute atomic E-state index is 13.4. The lowest BCUT2D eigenvalue weighted by Gasteiger charge is -2.29. The Labute approximate surface area is 209 Å². The molecule has 1 unspecified atom stereocenters. The third-order valence-corrected chi connectivity index (χ3v) is 7.66. The largest absolute Gasteiger partial charge is 0.339 e. The molecule has 0 radical (unpaired) electrons. The van der Waals surface area contributed by atoms with E-state index in [9.17, 15) is 18.8 Å². The smallest absolute Gasteiger partial charge is 0.255 e. The first-order valence-electron chi connectivity index (χ1n) is 11.9. The molecule has 9 heteroatoms. The zero-order valence-corrected chi connectivity index (χ0v) is 20.9. The number of amides is 3. The molecular weight excluding hydrogens is 467 g/mol. The van der Waals surface area contributed by atoms with Crippen molar-refractivity contribution in [1.82, 2.24) is 14.7 Å². The Morgan fingerprint density at radius 1 is 0.971 bits per heavy atom. The monoisotopic (exact) mass is 498 g/mol. The van der Waals surface area contributed by atoms with Crippen LogP contribution in [0, 0.1) is 19.7 Å². The van der Waals surface area contributed by atoms with Crippen molar-refractivity contribution in [1.29, 1.82) is 0 Å². The van der Waals surface area contributed by atoms with Gasteiger partial charge in [0.1, 0.15) is 5.82 Å². The molecule has 2 fully saturated rings. The quantitative estimate of drug-likeness (QED) is 0.686. The molecule has 2 heterocycles. The Balaban J connectivity index is 1.33. The number of anilines is 1. The van der Waals surface area contributed by atoms with E-state index in [-0.39, 0.29) is 24.3 Å². The normalized spacial score (nSPS) is 18.9. The SMILES string of the molecule is Cc1cccc(C)c1NC(=O)CN1CCCN(C(=O)C2SCCN2C(=O)c2ccc(F)cc2)CC1. The number of nitrogens with one attached hydrogen (secondary N) is 1. The number of benzene rings is 2. The van der Waals surface area contributed by atoms with Crippen LogP contribution in [0.4, 0.5) is 10.1 Å². The van der Waals surface area contributed by atoms with Crippen LogP contribution in [-0.4, -0.2) is 82.8 Å². The lowest BCUT2D eigenvalue weighted by Crippen LogP contribution is -2.48. The highest BCUT2D eigenvalue weighted by molar-refractivity contribution is 8.00. The number of hydrogen-bond acceptors (Lipinski definition) is 5. The molecular formula is C26H31FN4O3S. The van der Waals surface area contributed by atoms with Gasteiger partial charge < -0.3 is 15.1 Å². The van der Waals surface area contributed by atoms with E-state index < -0.39 is 11.2 Å². The van der Waals surface area contributed by atoms with Crippen LogP contribution in [-0.2, 0) is 9.59 Å². The Bertz CT molecular complexity index is 1070. The van der Waals surface area contributed by atoms with E-state index in [0.29, 0.717) is 37.5 Å². The van der Waals surface area contributed by atoms with E-state index in [4.69, 9.17) is 0 Å². The van der Waals surface area contributed by atoms with Gasteiger partial charge in [-0.15, -0.1) is 11.8 Å². The van der Waals surface area contributed by atoms with Crippen molar-refractivity contribution >= 4 is 35.2 Å². The van der Waals surface area contributed by atoms with Crippen molar-refractivity contribution in [3.05, 3.63) is 65.0 Å². The molecule has 0 aliphatic carbocycles. The summed E-state index contributed by atoms with van der Waals surface area (Å²) in [6.45, 7) is 7.11. The Hall–Kier alpha value is -2.91. The topological polar surface area (TPSA) is 73.0 Å². The highest BCUT2D eigenvalue weighted by Crippen LogP contribution is 2.28. The van der Waals surface area contributed by atoms with Crippen LogP contribution in [0.15, 0.2) is 42.5 Å². The molecule has 2 aliphatic rings. The summed E-state index contributed by atoms with van der Waals surface area (Å²) in [6.07, 6.45) is 0.756. The van der Waals surface area contributed by atoms with Crippen LogP contribution in [0.1, 0.15) is 27.9 Å². The number of halogens is 1. The predicted molar refractivity (Wildman–Crippen MR) is 136 cm³/mol. The van der Waals surface area contributed by atoms with Crippen molar-refractivity contribution < 1.29 is 18.8 Å². The van der Waals surface area contributed by atoms with E-state index in [1.165, 1.54) is 36.0 Å². The molecule has 2 aromatic carbocycles. The van der Waals surface area contributed by atoms with Crippen LogP contribution in [0.5, 0.6) is 0 Å². The summed E-state index contributed by atoms with van der Waals surface area (Å²) in [5.41, 5.74) is 3.29. The van der Waals surface area contributed by atoms with Crippen molar-refractivity contribution in [2.75, 3.05) is 50.3 Å². The standard InChI is InChI=1S/C26H31FN4O3S/c1-18-5-3-6-19(2)23(18)28-22(32)17-29-11-4-12-30(14-13-29)25(34)26-31(15-16-35-26)24(33)20-7-9-21(27)10-8-20/h3,5-10,26H,4,11-17H2,1-2H3,(H,28,32). The van der Waals surface area contributed by atoms with Crippen LogP contribution in [0.2, 0.25) is 0 Å². The van der Waals surface area contributed by atoms with Gasteiger partial charge in [-0.25, -0.2) is 4.39 Å². The Morgan fingerprint density at radius 2 is 1.69 bits per heavy atom. The van der Waals surface area contributed by atoms with Gasteiger partial charge in [-0.05, 0) is 55.7 Å². The number of nitrogens with zero attached hydrogens (tertiary/aromatic N) is 3. The molecule has 35 heavy (non-hydrogen) atoms. The average Bonchev–Trinajstić information content (AvgIpc) is 3.21. The second kappa shape index (κ2) is 11.2. The predicted octanol–water partition coefficient (Wildman–Crippen LogP) is 3.13. The van der Waals surface area contributed by atoms with Gasteiger partial charge in [0.15, 0.2) is 5.37 Å². The molecule has 3 amide bonds. The molecule has 2 aliphatic heterocycles. The van der Waals surface area contributed by atoms with Crippen molar-refractivity contribution in [3.8, 4) is 0 Å². The summed E-state index contributed by atoms with van der Waals surface area (Å²) < 4.78 is 13.2. The van der Waals surface area contributed by atoms with Gasteiger partial charge in [0.2, 0.25) is 5.91 Å². The molecule has 4 rings (SSSR count). The second-order valence-corrected chi connectivity index (χ2v) is 10.2. The molecule has 0 bridgehead atoms. The molecule has 7 nitrogen and oxygen atoms in total. The Morgan fingerprint density at radius 3 is 2.40 bits per heavy atom. The van der Waals surface area contributed by atoms with E-state index in [0.717, 1.165) is 29.8 Å². The first-order chi connectivity index (χ1) is 16.8. The number of carbonyl (C=O) groups excluding carboxylic acids is 3. The molecule has 186 valence electrons. The summed E-state index contributed by atoms with van der Waals surface area (Å²) in [5.74, 6) is -0.119. The summed E-state index contributed by atoms with van der Waals surface area (Å²) in [5, 5.41) is 2.45. The highest BCUT2D eigenvalue weighted by Gasteiger charge is 2.38. The van der Waals surface area contributed by atoms with Crippen molar-refractivity contribution in [3.63, 3.8) is 0 Å². The zero-order chi connectivity index (χ0) is 24.9. The molecule has 2 saturated heterocycles. The summed E-state index contributed by atoms with van der Waals surface area (Å²) in [7, 11) is 0.